The van der Waals surface area contributed by atoms with Crippen LogP contribution in [-0.2, 0) is 37.5 Å². The molecule has 0 aromatic rings. The standard InChI is InChI=1S/C44H80NO10P/c1-3-5-7-9-11-13-15-17-19-20-22-24-26-28-30-32-34-36-43(47)55-40(38-53-56(50,51)54-39-41(45)44(48)49)37-52-42(46)35-33-31-29-27-25-23-21-18-16-14-12-10-8-6-4-2/h10,12,22,24,28,30,40-41H,3-9,11,13-21,23,25-27,29,31-39,45H2,1-2H3,(H,48,49)(H,50,51)/b12-10+,24-22+,30-28+/t40-,41+/m1/s1. The Morgan fingerprint density at radius 3 is 1.52 bits per heavy atom. The number of aliphatic carboxylic acids is 1. The van der Waals surface area contributed by atoms with Gasteiger partial charge in [0, 0.05) is 12.8 Å². The van der Waals surface area contributed by atoms with Gasteiger partial charge < -0.3 is 25.2 Å². The lowest BCUT2D eigenvalue weighted by Gasteiger charge is -2.20. The van der Waals surface area contributed by atoms with Crippen LogP contribution in [0, 0.1) is 0 Å². The van der Waals surface area contributed by atoms with E-state index >= 15 is 0 Å². The minimum absolute atomic E-state index is 0.0977. The van der Waals surface area contributed by atoms with E-state index < -0.39 is 51.1 Å². The third-order valence-corrected chi connectivity index (χ3v) is 10.3. The van der Waals surface area contributed by atoms with Gasteiger partial charge in [-0.3, -0.25) is 23.4 Å². The first kappa shape index (κ1) is 53.7. The number of unbranched alkanes of at least 4 members (excludes halogenated alkanes) is 21. The maximum atomic E-state index is 12.6. The number of hydrogen-bond acceptors (Lipinski definition) is 9. The Labute approximate surface area is 340 Å². The van der Waals surface area contributed by atoms with Crippen molar-refractivity contribution in [3.8, 4) is 0 Å². The quantitative estimate of drug-likeness (QED) is 0.0232. The number of allylic oxidation sites excluding steroid dienone is 6. The van der Waals surface area contributed by atoms with Crippen molar-refractivity contribution in [1.82, 2.24) is 0 Å². The van der Waals surface area contributed by atoms with Crippen molar-refractivity contribution in [2.45, 2.75) is 206 Å². The van der Waals surface area contributed by atoms with Gasteiger partial charge in [0.05, 0.1) is 13.2 Å². The van der Waals surface area contributed by atoms with Crippen LogP contribution < -0.4 is 5.73 Å². The Kier molecular flexibility index (Phi) is 37.9. The Hall–Kier alpha value is -2.30. The summed E-state index contributed by atoms with van der Waals surface area (Å²) in [5, 5.41) is 8.88. The number of phosphoric ester groups is 1. The molecule has 0 saturated heterocycles. The molecule has 0 aliphatic heterocycles. The number of carbonyl (C=O) groups is 3. The molecule has 326 valence electrons. The molecule has 1 unspecified atom stereocenters. The molecule has 0 radical (unpaired) electrons. The van der Waals surface area contributed by atoms with E-state index in [-0.39, 0.29) is 19.4 Å². The van der Waals surface area contributed by atoms with Gasteiger partial charge in [-0.05, 0) is 57.8 Å². The fourth-order valence-corrected chi connectivity index (χ4v) is 6.63. The van der Waals surface area contributed by atoms with Crippen LogP contribution >= 0.6 is 7.82 Å². The minimum atomic E-state index is -4.73. The molecular weight excluding hydrogens is 733 g/mol. The molecule has 0 aliphatic rings. The molecule has 0 aliphatic carbocycles. The number of phosphoric acid groups is 1. The predicted octanol–water partition coefficient (Wildman–Crippen LogP) is 11.6. The molecule has 0 amide bonds. The van der Waals surface area contributed by atoms with E-state index in [1.165, 1.54) is 116 Å². The van der Waals surface area contributed by atoms with E-state index in [2.05, 4.69) is 48.8 Å². The number of nitrogens with two attached hydrogens (primary N) is 1. The highest BCUT2D eigenvalue weighted by Gasteiger charge is 2.28. The highest BCUT2D eigenvalue weighted by Crippen LogP contribution is 2.43. The van der Waals surface area contributed by atoms with E-state index in [4.69, 9.17) is 24.8 Å². The van der Waals surface area contributed by atoms with Gasteiger partial charge >= 0.3 is 25.7 Å². The summed E-state index contributed by atoms with van der Waals surface area (Å²) in [5.41, 5.74) is 5.33. The van der Waals surface area contributed by atoms with Crippen LogP contribution in [0.4, 0.5) is 0 Å². The number of rotatable bonds is 41. The monoisotopic (exact) mass is 814 g/mol. The molecule has 56 heavy (non-hydrogen) atoms. The van der Waals surface area contributed by atoms with Crippen LogP contribution in [0.15, 0.2) is 36.5 Å². The number of carboxylic acid groups (broad SMARTS) is 1. The lowest BCUT2D eigenvalue weighted by Crippen LogP contribution is -2.34. The van der Waals surface area contributed by atoms with E-state index in [9.17, 15) is 23.8 Å². The molecule has 0 heterocycles. The summed E-state index contributed by atoms with van der Waals surface area (Å²) in [6.45, 7) is 2.74. The highest BCUT2D eigenvalue weighted by molar-refractivity contribution is 7.47. The van der Waals surface area contributed by atoms with Crippen LogP contribution in [0.2, 0.25) is 0 Å². The van der Waals surface area contributed by atoms with Gasteiger partial charge in [-0.2, -0.15) is 0 Å². The zero-order valence-electron chi connectivity index (χ0n) is 35.2. The summed E-state index contributed by atoms with van der Waals surface area (Å²) in [6, 6.07) is -1.53. The molecule has 0 aromatic carbocycles. The number of esters is 2. The van der Waals surface area contributed by atoms with E-state index in [1.54, 1.807) is 0 Å². The molecule has 0 bridgehead atoms. The first-order valence-corrected chi connectivity index (χ1v) is 23.5. The lowest BCUT2D eigenvalue weighted by molar-refractivity contribution is -0.161. The fraction of sp³-hybridized carbons (Fsp3) is 0.795. The Balaban J connectivity index is 4.42. The van der Waals surface area contributed by atoms with Crippen molar-refractivity contribution in [2.24, 2.45) is 5.73 Å². The van der Waals surface area contributed by atoms with Gasteiger partial charge in [-0.15, -0.1) is 0 Å². The molecule has 3 atom stereocenters. The number of ether oxygens (including phenoxy) is 2. The van der Waals surface area contributed by atoms with Crippen LogP contribution in [0.25, 0.3) is 0 Å². The normalized spacial score (nSPS) is 14.1. The van der Waals surface area contributed by atoms with Gasteiger partial charge in [-0.25, -0.2) is 4.57 Å². The van der Waals surface area contributed by atoms with Crippen molar-refractivity contribution >= 4 is 25.7 Å². The van der Waals surface area contributed by atoms with Crippen LogP contribution in [-0.4, -0.2) is 59.9 Å². The second-order valence-corrected chi connectivity index (χ2v) is 16.3. The molecule has 0 saturated carbocycles. The first-order chi connectivity index (χ1) is 27.1. The minimum Gasteiger partial charge on any atom is -0.480 e. The summed E-state index contributed by atoms with van der Waals surface area (Å²) >= 11 is 0. The van der Waals surface area contributed by atoms with E-state index in [0.29, 0.717) is 19.3 Å². The van der Waals surface area contributed by atoms with Crippen molar-refractivity contribution in [1.29, 1.82) is 0 Å². The molecule has 0 rings (SSSR count). The molecule has 4 N–H and O–H groups in total. The van der Waals surface area contributed by atoms with Gasteiger partial charge in [0.1, 0.15) is 12.6 Å². The molecule has 11 nitrogen and oxygen atoms in total. The molecule has 12 heteroatoms. The van der Waals surface area contributed by atoms with Crippen LogP contribution in [0.3, 0.4) is 0 Å². The summed E-state index contributed by atoms with van der Waals surface area (Å²) in [5.74, 6) is -2.44. The molecular formula is C44H80NO10P. The maximum absolute atomic E-state index is 12.6. The number of carboxylic acids is 1. The second-order valence-electron chi connectivity index (χ2n) is 14.8. The van der Waals surface area contributed by atoms with E-state index in [1.807, 2.05) is 6.08 Å². The van der Waals surface area contributed by atoms with Crippen molar-refractivity contribution < 1.29 is 47.5 Å². The van der Waals surface area contributed by atoms with Crippen LogP contribution in [0.1, 0.15) is 194 Å². The van der Waals surface area contributed by atoms with Gasteiger partial charge in [0.2, 0.25) is 0 Å². The zero-order chi connectivity index (χ0) is 41.4. The maximum Gasteiger partial charge on any atom is 0.472 e. The summed E-state index contributed by atoms with van der Waals surface area (Å²) < 4.78 is 32.6. The third-order valence-electron chi connectivity index (χ3n) is 9.36. The molecule has 0 spiro atoms. The Morgan fingerprint density at radius 2 is 0.982 bits per heavy atom. The largest absolute Gasteiger partial charge is 0.480 e. The fourth-order valence-electron chi connectivity index (χ4n) is 5.85. The van der Waals surface area contributed by atoms with Crippen molar-refractivity contribution in [3.05, 3.63) is 36.5 Å². The van der Waals surface area contributed by atoms with Gasteiger partial charge in [0.15, 0.2) is 6.10 Å². The third kappa shape index (κ3) is 38.6. The SMILES string of the molecule is CCCC/C=C/CCCCCCCCCCCC(=O)OC[C@H](COP(=O)(O)OC[C@H](N)C(=O)O)OC(=O)CCC/C=C/C/C=C/CCCCCCCCCCC. The zero-order valence-corrected chi connectivity index (χ0v) is 36.1. The average molecular weight is 814 g/mol. The lowest BCUT2D eigenvalue weighted by atomic mass is 10.1. The topological polar surface area (TPSA) is 172 Å². The number of carbonyl (C=O) groups excluding carboxylic acids is 2. The molecule has 0 fully saturated rings. The van der Waals surface area contributed by atoms with Gasteiger partial charge in [-0.1, -0.05) is 159 Å². The first-order valence-electron chi connectivity index (χ1n) is 22.0. The average Bonchev–Trinajstić information content (AvgIpc) is 3.17. The van der Waals surface area contributed by atoms with E-state index in [0.717, 1.165) is 32.1 Å². The number of hydrogen-bond donors (Lipinski definition) is 3. The summed E-state index contributed by atoms with van der Waals surface area (Å²) in [4.78, 5) is 45.9. The highest BCUT2D eigenvalue weighted by atomic mass is 31.2. The predicted molar refractivity (Wildman–Crippen MR) is 226 cm³/mol. The van der Waals surface area contributed by atoms with Crippen LogP contribution in [0.5, 0.6) is 0 Å². The summed E-state index contributed by atoms with van der Waals surface area (Å²) in [7, 11) is -4.73. The Morgan fingerprint density at radius 1 is 0.554 bits per heavy atom. The second kappa shape index (κ2) is 39.5. The summed E-state index contributed by atoms with van der Waals surface area (Å²) in [6.07, 6.45) is 42.2. The van der Waals surface area contributed by atoms with Crippen molar-refractivity contribution in [2.75, 3.05) is 19.8 Å². The Bertz CT molecular complexity index is 1100. The molecule has 0 aromatic heterocycles. The smallest absolute Gasteiger partial charge is 0.472 e. The van der Waals surface area contributed by atoms with Crippen molar-refractivity contribution in [3.63, 3.8) is 0 Å². The van der Waals surface area contributed by atoms with Gasteiger partial charge in [0.25, 0.3) is 0 Å².